The number of hydrogen-bond acceptors (Lipinski definition) is 5. The van der Waals surface area contributed by atoms with Crippen LogP contribution in [0.3, 0.4) is 0 Å². The molecule has 33 heavy (non-hydrogen) atoms. The van der Waals surface area contributed by atoms with Gasteiger partial charge in [0.1, 0.15) is 5.82 Å². The summed E-state index contributed by atoms with van der Waals surface area (Å²) in [4.78, 5) is 36.0. The van der Waals surface area contributed by atoms with E-state index in [2.05, 4.69) is 32.2 Å². The lowest BCUT2D eigenvalue weighted by Gasteiger charge is -2.15. The smallest absolute Gasteiger partial charge is 0.258 e. The zero-order valence-electron chi connectivity index (χ0n) is 19.3. The van der Waals surface area contributed by atoms with E-state index in [-0.39, 0.29) is 11.8 Å². The molecule has 0 unspecified atom stereocenters. The fraction of sp³-hybridized carbons (Fsp3) is 0.231. The molecule has 2 N–H and O–H groups in total. The van der Waals surface area contributed by atoms with Gasteiger partial charge in [-0.1, -0.05) is 24.3 Å². The number of aryl methyl sites for hydroxylation is 2. The van der Waals surface area contributed by atoms with Gasteiger partial charge < -0.3 is 15.5 Å². The summed E-state index contributed by atoms with van der Waals surface area (Å²) in [7, 11) is 2.02. The number of carbonyl (C=O) groups excluding carboxylic acids is 2. The van der Waals surface area contributed by atoms with Crippen molar-refractivity contribution >= 4 is 30.0 Å². The summed E-state index contributed by atoms with van der Waals surface area (Å²) in [5.41, 5.74) is 4.36. The molecule has 7 nitrogen and oxygen atoms in total. The second-order valence-electron chi connectivity index (χ2n) is 8.06. The van der Waals surface area contributed by atoms with Gasteiger partial charge in [0.05, 0.1) is 17.8 Å². The number of carbonyl (C=O) groups is 2. The highest BCUT2D eigenvalue weighted by atomic mass is 16.2. The van der Waals surface area contributed by atoms with Crippen LogP contribution in [0.2, 0.25) is 0 Å². The summed E-state index contributed by atoms with van der Waals surface area (Å²) in [5, 5.41) is 5.66. The fourth-order valence-electron chi connectivity index (χ4n) is 3.27. The largest absolute Gasteiger partial charge is 0.321 e. The molecule has 3 aromatic rings. The van der Waals surface area contributed by atoms with E-state index in [0.717, 1.165) is 29.8 Å². The normalized spacial score (nSPS) is 10.7. The van der Waals surface area contributed by atoms with Crippen molar-refractivity contribution in [3.63, 3.8) is 0 Å². The summed E-state index contributed by atoms with van der Waals surface area (Å²) in [6.07, 6.45) is 1.69. The van der Waals surface area contributed by atoms with E-state index in [9.17, 15) is 9.59 Å². The van der Waals surface area contributed by atoms with Crippen molar-refractivity contribution in [1.29, 1.82) is 0 Å². The molecule has 3 rings (SSSR count). The average Bonchev–Trinajstić information content (AvgIpc) is 2.79. The van der Waals surface area contributed by atoms with Gasteiger partial charge in [0.15, 0.2) is 0 Å². The minimum Gasteiger partial charge on any atom is -0.321 e. The predicted molar refractivity (Wildman–Crippen MR) is 133 cm³/mol. The van der Waals surface area contributed by atoms with Gasteiger partial charge in [0, 0.05) is 24.8 Å². The van der Waals surface area contributed by atoms with Gasteiger partial charge in [-0.3, -0.25) is 14.6 Å². The van der Waals surface area contributed by atoms with E-state index in [1.807, 2.05) is 45.2 Å². The first-order valence-corrected chi connectivity index (χ1v) is 10.7. The maximum atomic E-state index is 12.9. The standard InChI is InChI=1S/C26H29N5O2/c1-18-5-11-22(26(33)30-24-12-6-19(2)16-28-24)23(15-18)29-25(32)21-9-7-20(8-10-21)17-31(4)14-13-27-3/h5-12,15-16H,3,13-14,17H2,1-2,4H3,(H,29,32)(H,28,30,33). The number of hydrogen-bond donors (Lipinski definition) is 2. The van der Waals surface area contributed by atoms with Gasteiger partial charge in [-0.15, -0.1) is 0 Å². The molecule has 0 aliphatic carbocycles. The Bertz CT molecular complexity index is 1120. The Morgan fingerprint density at radius 2 is 1.70 bits per heavy atom. The maximum absolute atomic E-state index is 12.9. The Labute approximate surface area is 194 Å². The molecule has 7 heteroatoms. The lowest BCUT2D eigenvalue weighted by atomic mass is 10.1. The number of amides is 2. The highest BCUT2D eigenvalue weighted by Gasteiger charge is 2.16. The Balaban J connectivity index is 1.71. The van der Waals surface area contributed by atoms with Crippen molar-refractivity contribution in [2.24, 2.45) is 4.99 Å². The predicted octanol–water partition coefficient (Wildman–Crippen LogP) is 4.34. The molecular formula is C26H29N5O2. The number of aliphatic imine (C=N–C) groups is 1. The second-order valence-corrected chi connectivity index (χ2v) is 8.06. The van der Waals surface area contributed by atoms with E-state index < -0.39 is 0 Å². The summed E-state index contributed by atoms with van der Waals surface area (Å²) in [6.45, 7) is 9.60. The first-order chi connectivity index (χ1) is 15.9. The van der Waals surface area contributed by atoms with Gasteiger partial charge >= 0.3 is 0 Å². The number of likely N-dealkylation sites (N-methyl/N-ethyl adjacent to an activating group) is 1. The summed E-state index contributed by atoms with van der Waals surface area (Å²) >= 11 is 0. The monoisotopic (exact) mass is 443 g/mol. The van der Waals surface area contributed by atoms with Gasteiger partial charge in [-0.05, 0) is 74.6 Å². The minimum atomic E-state index is -0.339. The highest BCUT2D eigenvalue weighted by Crippen LogP contribution is 2.20. The number of anilines is 2. The van der Waals surface area contributed by atoms with Gasteiger partial charge in [-0.25, -0.2) is 4.98 Å². The Kier molecular flexibility index (Phi) is 8.05. The van der Waals surface area contributed by atoms with Gasteiger partial charge in [-0.2, -0.15) is 0 Å². The van der Waals surface area contributed by atoms with Crippen molar-refractivity contribution in [2.45, 2.75) is 20.4 Å². The van der Waals surface area contributed by atoms with Crippen LogP contribution in [0.1, 0.15) is 37.4 Å². The topological polar surface area (TPSA) is 86.7 Å². The molecule has 0 saturated carbocycles. The number of rotatable bonds is 9. The molecule has 1 aromatic heterocycles. The number of benzene rings is 2. The maximum Gasteiger partial charge on any atom is 0.258 e. The van der Waals surface area contributed by atoms with Crippen LogP contribution in [0.4, 0.5) is 11.5 Å². The Hall–Kier alpha value is -3.84. The molecule has 0 atom stereocenters. The molecule has 0 fully saturated rings. The highest BCUT2D eigenvalue weighted by molar-refractivity contribution is 6.12. The average molecular weight is 444 g/mol. The zero-order chi connectivity index (χ0) is 23.8. The van der Waals surface area contributed by atoms with Gasteiger partial charge in [0.2, 0.25) is 0 Å². The van der Waals surface area contributed by atoms with Crippen LogP contribution in [0.5, 0.6) is 0 Å². The van der Waals surface area contributed by atoms with Crippen molar-refractivity contribution < 1.29 is 9.59 Å². The van der Waals surface area contributed by atoms with E-state index in [0.29, 0.717) is 29.2 Å². The third-order valence-corrected chi connectivity index (χ3v) is 5.13. The number of aromatic nitrogens is 1. The third kappa shape index (κ3) is 6.82. The summed E-state index contributed by atoms with van der Waals surface area (Å²) < 4.78 is 0. The lowest BCUT2D eigenvalue weighted by molar-refractivity contribution is 0.102. The van der Waals surface area contributed by atoms with Crippen molar-refractivity contribution in [1.82, 2.24) is 9.88 Å². The van der Waals surface area contributed by atoms with Crippen LogP contribution >= 0.6 is 0 Å². The zero-order valence-corrected chi connectivity index (χ0v) is 19.3. The van der Waals surface area contributed by atoms with Crippen LogP contribution in [-0.4, -0.2) is 48.6 Å². The molecule has 0 spiro atoms. The fourth-order valence-corrected chi connectivity index (χ4v) is 3.27. The van der Waals surface area contributed by atoms with E-state index >= 15 is 0 Å². The third-order valence-electron chi connectivity index (χ3n) is 5.13. The van der Waals surface area contributed by atoms with Crippen LogP contribution < -0.4 is 10.6 Å². The van der Waals surface area contributed by atoms with Gasteiger partial charge in [0.25, 0.3) is 11.8 Å². The number of nitrogens with zero attached hydrogens (tertiary/aromatic N) is 3. The molecule has 0 saturated heterocycles. The van der Waals surface area contributed by atoms with Crippen LogP contribution in [0.25, 0.3) is 0 Å². The van der Waals surface area contributed by atoms with E-state index in [1.54, 1.807) is 36.5 Å². The quantitative estimate of drug-likeness (QED) is 0.482. The molecule has 170 valence electrons. The first-order valence-electron chi connectivity index (χ1n) is 10.7. The SMILES string of the molecule is C=NCCN(C)Cc1ccc(C(=O)Nc2cc(C)ccc2C(=O)Nc2ccc(C)cn2)cc1. The summed E-state index contributed by atoms with van der Waals surface area (Å²) in [6, 6.07) is 16.4. The Morgan fingerprint density at radius 1 is 0.970 bits per heavy atom. The molecule has 0 aliphatic heterocycles. The molecule has 2 aromatic carbocycles. The van der Waals surface area contributed by atoms with Crippen molar-refractivity contribution in [3.05, 3.63) is 88.6 Å². The summed E-state index contributed by atoms with van der Waals surface area (Å²) in [5.74, 6) is -0.166. The number of nitrogens with one attached hydrogen (secondary N) is 2. The molecule has 0 aliphatic rings. The molecule has 1 heterocycles. The lowest BCUT2D eigenvalue weighted by Crippen LogP contribution is -2.21. The molecular weight excluding hydrogens is 414 g/mol. The molecule has 0 bridgehead atoms. The van der Waals surface area contributed by atoms with Crippen LogP contribution in [-0.2, 0) is 6.54 Å². The molecule has 0 radical (unpaired) electrons. The van der Waals surface area contributed by atoms with Crippen molar-refractivity contribution in [3.8, 4) is 0 Å². The van der Waals surface area contributed by atoms with Crippen LogP contribution in [0, 0.1) is 13.8 Å². The minimum absolute atomic E-state index is 0.279. The second kappa shape index (κ2) is 11.2. The van der Waals surface area contributed by atoms with E-state index in [1.165, 1.54) is 0 Å². The first kappa shape index (κ1) is 23.8. The van der Waals surface area contributed by atoms with E-state index in [4.69, 9.17) is 0 Å². The van der Waals surface area contributed by atoms with Crippen molar-refractivity contribution in [2.75, 3.05) is 30.8 Å². The number of pyridine rings is 1. The van der Waals surface area contributed by atoms with Crippen LogP contribution in [0.15, 0.2) is 65.8 Å². The molecule has 2 amide bonds. The Morgan fingerprint density at radius 3 is 2.36 bits per heavy atom.